The van der Waals surface area contributed by atoms with Crippen LogP contribution in [-0.4, -0.2) is 43.4 Å². The van der Waals surface area contributed by atoms with Crippen molar-refractivity contribution in [3.05, 3.63) is 24.3 Å². The molecule has 6 heteroatoms. The predicted molar refractivity (Wildman–Crippen MR) is 92.2 cm³/mol. The molecular weight excluding hydrogens is 304 g/mol. The minimum Gasteiger partial charge on any atom is -0.497 e. The molecule has 1 aromatic carbocycles. The number of aromatic nitrogens is 2. The Balaban J connectivity index is 1.47. The van der Waals surface area contributed by atoms with Crippen molar-refractivity contribution in [1.29, 1.82) is 0 Å². The van der Waals surface area contributed by atoms with Crippen molar-refractivity contribution >= 4 is 6.01 Å². The van der Waals surface area contributed by atoms with Gasteiger partial charge in [0, 0.05) is 18.7 Å². The van der Waals surface area contributed by atoms with E-state index in [9.17, 15) is 0 Å². The average Bonchev–Trinajstić information content (AvgIpc) is 3.34. The minimum atomic E-state index is 0.636. The summed E-state index contributed by atoms with van der Waals surface area (Å²) in [6.07, 6.45) is 3.79. The van der Waals surface area contributed by atoms with Gasteiger partial charge in [0.1, 0.15) is 5.75 Å². The molecule has 2 aliphatic heterocycles. The number of anilines is 1. The molecular formula is C18H24N4O2. The number of benzene rings is 1. The molecule has 0 spiro atoms. The molecule has 2 aromatic rings. The van der Waals surface area contributed by atoms with E-state index in [0.29, 0.717) is 11.8 Å². The van der Waals surface area contributed by atoms with Crippen LogP contribution in [0.4, 0.5) is 6.01 Å². The van der Waals surface area contributed by atoms with Gasteiger partial charge in [0.05, 0.1) is 7.11 Å². The van der Waals surface area contributed by atoms with E-state index in [0.717, 1.165) is 49.3 Å². The lowest BCUT2D eigenvalue weighted by atomic mass is 9.85. The van der Waals surface area contributed by atoms with E-state index in [1.165, 1.54) is 19.3 Å². The molecule has 24 heavy (non-hydrogen) atoms. The molecule has 0 amide bonds. The second-order valence-corrected chi connectivity index (χ2v) is 6.73. The van der Waals surface area contributed by atoms with Gasteiger partial charge in [-0.25, -0.2) is 0 Å². The van der Waals surface area contributed by atoms with Crippen LogP contribution in [0.25, 0.3) is 11.4 Å². The van der Waals surface area contributed by atoms with Crippen LogP contribution in [0.15, 0.2) is 28.8 Å². The Morgan fingerprint density at radius 3 is 2.83 bits per heavy atom. The summed E-state index contributed by atoms with van der Waals surface area (Å²) in [5, 5.41) is 7.64. The Morgan fingerprint density at radius 1 is 1.21 bits per heavy atom. The topological polar surface area (TPSA) is 63.4 Å². The molecule has 2 saturated heterocycles. The Labute approximate surface area is 142 Å². The van der Waals surface area contributed by atoms with Crippen molar-refractivity contribution in [2.24, 2.45) is 11.8 Å². The lowest BCUT2D eigenvalue weighted by Gasteiger charge is -2.34. The molecule has 0 bridgehead atoms. The Bertz CT molecular complexity index is 664. The van der Waals surface area contributed by atoms with E-state index in [4.69, 9.17) is 9.26 Å². The fraction of sp³-hybridized carbons (Fsp3) is 0.556. The molecule has 3 heterocycles. The highest BCUT2D eigenvalue weighted by Crippen LogP contribution is 2.31. The van der Waals surface area contributed by atoms with Crippen LogP contribution in [0.5, 0.6) is 5.75 Å². The molecule has 1 N–H and O–H groups in total. The van der Waals surface area contributed by atoms with Crippen molar-refractivity contribution in [2.75, 3.05) is 38.2 Å². The van der Waals surface area contributed by atoms with Crippen molar-refractivity contribution in [2.45, 2.75) is 19.3 Å². The fourth-order valence-corrected chi connectivity index (χ4v) is 3.85. The highest BCUT2D eigenvalue weighted by atomic mass is 16.5. The molecule has 0 aliphatic carbocycles. The molecule has 2 unspecified atom stereocenters. The first kappa shape index (κ1) is 15.4. The summed E-state index contributed by atoms with van der Waals surface area (Å²) in [6.45, 7) is 4.33. The zero-order valence-electron chi connectivity index (χ0n) is 14.1. The average molecular weight is 328 g/mol. The molecule has 1 aromatic heterocycles. The predicted octanol–water partition coefficient (Wildman–Crippen LogP) is 2.57. The van der Waals surface area contributed by atoms with Crippen LogP contribution in [0.1, 0.15) is 19.3 Å². The van der Waals surface area contributed by atoms with E-state index < -0.39 is 0 Å². The van der Waals surface area contributed by atoms with Crippen LogP contribution in [-0.2, 0) is 0 Å². The molecule has 2 fully saturated rings. The molecule has 128 valence electrons. The highest BCUT2D eigenvalue weighted by molar-refractivity contribution is 5.56. The zero-order chi connectivity index (χ0) is 16.4. The second-order valence-electron chi connectivity index (χ2n) is 6.73. The van der Waals surface area contributed by atoms with Crippen LogP contribution in [0, 0.1) is 11.8 Å². The summed E-state index contributed by atoms with van der Waals surface area (Å²) in [4.78, 5) is 6.87. The van der Waals surface area contributed by atoms with Crippen LogP contribution in [0.2, 0.25) is 0 Å². The third kappa shape index (κ3) is 3.11. The molecule has 2 atom stereocenters. The number of piperidine rings is 1. The number of nitrogens with zero attached hydrogens (tertiary/aromatic N) is 3. The zero-order valence-corrected chi connectivity index (χ0v) is 14.1. The highest BCUT2D eigenvalue weighted by Gasteiger charge is 2.31. The minimum absolute atomic E-state index is 0.636. The largest absolute Gasteiger partial charge is 0.497 e. The van der Waals surface area contributed by atoms with E-state index in [-0.39, 0.29) is 0 Å². The lowest BCUT2D eigenvalue weighted by molar-refractivity contribution is 0.289. The quantitative estimate of drug-likeness (QED) is 0.931. The van der Waals surface area contributed by atoms with Gasteiger partial charge in [0.15, 0.2) is 0 Å². The third-order valence-corrected chi connectivity index (χ3v) is 5.26. The van der Waals surface area contributed by atoms with Gasteiger partial charge in [0.25, 0.3) is 0 Å². The lowest BCUT2D eigenvalue weighted by Crippen LogP contribution is -2.39. The Hall–Kier alpha value is -2.08. The molecule has 0 saturated carbocycles. The Kier molecular flexibility index (Phi) is 4.38. The number of hydrogen-bond acceptors (Lipinski definition) is 6. The van der Waals surface area contributed by atoms with Crippen molar-refractivity contribution in [3.8, 4) is 17.1 Å². The number of nitrogens with one attached hydrogen (secondary N) is 1. The van der Waals surface area contributed by atoms with Crippen LogP contribution < -0.4 is 15.0 Å². The maximum absolute atomic E-state index is 5.54. The number of hydrogen-bond donors (Lipinski definition) is 1. The van der Waals surface area contributed by atoms with E-state index in [2.05, 4.69) is 20.4 Å². The van der Waals surface area contributed by atoms with Gasteiger partial charge in [-0.2, -0.15) is 4.98 Å². The summed E-state index contributed by atoms with van der Waals surface area (Å²) in [7, 11) is 1.66. The summed E-state index contributed by atoms with van der Waals surface area (Å²) >= 11 is 0. The van der Waals surface area contributed by atoms with E-state index in [1.807, 2.05) is 24.3 Å². The first-order chi connectivity index (χ1) is 11.8. The standard InChI is InChI=1S/C18H24N4O2/c1-23-16-6-4-13(5-7-16)17-20-18(24-21-17)22-10-2-3-15(12-22)14-8-9-19-11-14/h4-7,14-15,19H,2-3,8-12H2,1H3. The SMILES string of the molecule is COc1ccc(-c2noc(N3CCCC(C4CCNC4)C3)n2)cc1. The van der Waals surface area contributed by atoms with Crippen molar-refractivity contribution in [3.63, 3.8) is 0 Å². The van der Waals surface area contributed by atoms with Gasteiger partial charge in [-0.3, -0.25) is 0 Å². The molecule has 2 aliphatic rings. The van der Waals surface area contributed by atoms with Crippen LogP contribution in [0.3, 0.4) is 0 Å². The fourth-order valence-electron chi connectivity index (χ4n) is 3.85. The summed E-state index contributed by atoms with van der Waals surface area (Å²) in [5.41, 5.74) is 0.944. The second kappa shape index (κ2) is 6.81. The first-order valence-corrected chi connectivity index (χ1v) is 8.77. The smallest absolute Gasteiger partial charge is 0.324 e. The van der Waals surface area contributed by atoms with Gasteiger partial charge in [-0.05, 0) is 68.5 Å². The number of methoxy groups -OCH3 is 1. The van der Waals surface area contributed by atoms with Crippen LogP contribution >= 0.6 is 0 Å². The van der Waals surface area contributed by atoms with Gasteiger partial charge in [-0.15, -0.1) is 0 Å². The molecule has 4 rings (SSSR count). The maximum Gasteiger partial charge on any atom is 0.324 e. The summed E-state index contributed by atoms with van der Waals surface area (Å²) in [6, 6.07) is 8.38. The Morgan fingerprint density at radius 2 is 2.08 bits per heavy atom. The maximum atomic E-state index is 5.54. The van der Waals surface area contributed by atoms with Gasteiger partial charge in [0.2, 0.25) is 5.82 Å². The van der Waals surface area contributed by atoms with Crippen molar-refractivity contribution in [1.82, 2.24) is 15.5 Å². The molecule has 6 nitrogen and oxygen atoms in total. The normalized spacial score (nSPS) is 24.3. The number of rotatable bonds is 4. The third-order valence-electron chi connectivity index (χ3n) is 5.26. The van der Waals surface area contributed by atoms with Gasteiger partial charge in [-0.1, -0.05) is 5.16 Å². The van der Waals surface area contributed by atoms with Crippen molar-refractivity contribution < 1.29 is 9.26 Å². The summed E-state index contributed by atoms with van der Waals surface area (Å²) in [5.74, 6) is 2.98. The van der Waals surface area contributed by atoms with E-state index in [1.54, 1.807) is 7.11 Å². The van der Waals surface area contributed by atoms with E-state index >= 15 is 0 Å². The summed E-state index contributed by atoms with van der Waals surface area (Å²) < 4.78 is 10.7. The molecule has 0 radical (unpaired) electrons. The monoisotopic (exact) mass is 328 g/mol. The number of ether oxygens (including phenoxy) is 1. The van der Waals surface area contributed by atoms with Gasteiger partial charge < -0.3 is 19.5 Å². The van der Waals surface area contributed by atoms with Gasteiger partial charge >= 0.3 is 6.01 Å². The first-order valence-electron chi connectivity index (χ1n) is 8.77.